The number of hydrogen-bond donors (Lipinski definition) is 2. The van der Waals surface area contributed by atoms with E-state index in [4.69, 9.17) is 9.47 Å². The maximum absolute atomic E-state index is 13.0. The number of ether oxygens (including phenoxy) is 2. The van der Waals surface area contributed by atoms with Gasteiger partial charge in [0, 0.05) is 7.05 Å². The lowest BCUT2D eigenvalue weighted by molar-refractivity contribution is -0.132. The molecule has 0 bridgehead atoms. The first-order valence-electron chi connectivity index (χ1n) is 9.33. The minimum atomic E-state index is -4.00. The van der Waals surface area contributed by atoms with E-state index >= 15 is 0 Å². The lowest BCUT2D eigenvalue weighted by atomic mass is 10.3. The Balaban J connectivity index is 1.83. The van der Waals surface area contributed by atoms with E-state index in [1.807, 2.05) is 6.92 Å². The minimum absolute atomic E-state index is 0.161. The van der Waals surface area contributed by atoms with Crippen molar-refractivity contribution in [2.75, 3.05) is 20.2 Å². The zero-order valence-corrected chi connectivity index (χ0v) is 18.1. The van der Waals surface area contributed by atoms with Crippen LogP contribution in [0.3, 0.4) is 0 Å². The number of hydrazine groups is 1. The van der Waals surface area contributed by atoms with Gasteiger partial charge in [-0.1, -0.05) is 0 Å². The van der Waals surface area contributed by atoms with Gasteiger partial charge in [-0.15, -0.1) is 0 Å². The van der Waals surface area contributed by atoms with Crippen LogP contribution in [0.5, 0.6) is 11.5 Å². The first-order valence-corrected chi connectivity index (χ1v) is 10.8. The van der Waals surface area contributed by atoms with Crippen molar-refractivity contribution in [1.82, 2.24) is 15.2 Å². The fourth-order valence-corrected chi connectivity index (χ4v) is 3.51. The van der Waals surface area contributed by atoms with Gasteiger partial charge in [-0.3, -0.25) is 20.4 Å². The molecule has 2 aromatic carbocycles. The third-order valence-corrected chi connectivity index (χ3v) is 5.85. The summed E-state index contributed by atoms with van der Waals surface area (Å²) in [5.41, 5.74) is 4.31. The summed E-state index contributed by atoms with van der Waals surface area (Å²) in [4.78, 5) is 24.0. The molecule has 2 N–H and O–H groups in total. The molecule has 2 aromatic rings. The predicted octanol–water partition coefficient (Wildman–Crippen LogP) is 1.46. The van der Waals surface area contributed by atoms with Crippen LogP contribution in [0.4, 0.5) is 4.39 Å². The van der Waals surface area contributed by atoms with Gasteiger partial charge in [0.15, 0.2) is 6.10 Å². The van der Waals surface area contributed by atoms with E-state index in [0.717, 1.165) is 28.6 Å². The first kappa shape index (κ1) is 24.1. The van der Waals surface area contributed by atoms with Gasteiger partial charge in [0.25, 0.3) is 11.8 Å². The Kier molecular flexibility index (Phi) is 8.34. The maximum Gasteiger partial charge on any atom is 0.279 e. The highest BCUT2D eigenvalue weighted by molar-refractivity contribution is 7.89. The Morgan fingerprint density at radius 1 is 1.03 bits per heavy atom. The Morgan fingerprint density at radius 2 is 1.61 bits per heavy atom. The monoisotopic (exact) mass is 453 g/mol. The number of hydrogen-bond acceptors (Lipinski definition) is 6. The number of carbonyl (C=O) groups is 2. The number of likely N-dealkylation sites (N-methyl/N-ethyl adjacent to an activating group) is 1. The van der Waals surface area contributed by atoms with Crippen LogP contribution in [0.2, 0.25) is 0 Å². The molecule has 0 fully saturated rings. The molecule has 0 saturated heterocycles. The van der Waals surface area contributed by atoms with Crippen LogP contribution < -0.4 is 20.3 Å². The number of halogens is 1. The van der Waals surface area contributed by atoms with Gasteiger partial charge in [0.2, 0.25) is 10.0 Å². The molecule has 1 atom stereocenters. The summed E-state index contributed by atoms with van der Waals surface area (Å²) in [5.74, 6) is -0.883. The van der Waals surface area contributed by atoms with Gasteiger partial charge in [-0.2, -0.15) is 4.31 Å². The van der Waals surface area contributed by atoms with Crippen molar-refractivity contribution in [3.8, 4) is 11.5 Å². The molecule has 0 spiro atoms. The molecular weight excluding hydrogens is 429 g/mol. The van der Waals surface area contributed by atoms with Crippen LogP contribution in [0, 0.1) is 5.82 Å². The largest absolute Gasteiger partial charge is 0.494 e. The predicted molar refractivity (Wildman–Crippen MR) is 110 cm³/mol. The van der Waals surface area contributed by atoms with Crippen molar-refractivity contribution in [2.45, 2.75) is 24.8 Å². The SMILES string of the molecule is CCOc1ccc(OC(C)C(=O)NNC(=O)CN(C)S(=O)(=O)c2ccc(F)cc2)cc1. The average Bonchev–Trinajstić information content (AvgIpc) is 2.73. The summed E-state index contributed by atoms with van der Waals surface area (Å²) in [6.07, 6.45) is -0.932. The molecule has 0 aliphatic carbocycles. The highest BCUT2D eigenvalue weighted by Crippen LogP contribution is 2.18. The van der Waals surface area contributed by atoms with E-state index in [-0.39, 0.29) is 4.90 Å². The Hall–Kier alpha value is -3.18. The van der Waals surface area contributed by atoms with Crippen LogP contribution >= 0.6 is 0 Å². The zero-order chi connectivity index (χ0) is 23.0. The molecule has 11 heteroatoms. The van der Waals surface area contributed by atoms with Gasteiger partial charge >= 0.3 is 0 Å². The first-order chi connectivity index (χ1) is 14.6. The molecule has 0 saturated carbocycles. The summed E-state index contributed by atoms with van der Waals surface area (Å²) in [6.45, 7) is 3.32. The molecule has 168 valence electrons. The number of rotatable bonds is 9. The summed E-state index contributed by atoms with van der Waals surface area (Å²) in [5, 5.41) is 0. The molecule has 1 unspecified atom stereocenters. The third-order valence-electron chi connectivity index (χ3n) is 4.03. The Bertz CT molecular complexity index is 997. The van der Waals surface area contributed by atoms with Gasteiger partial charge < -0.3 is 9.47 Å². The van der Waals surface area contributed by atoms with Crippen LogP contribution in [0.15, 0.2) is 53.4 Å². The van der Waals surface area contributed by atoms with E-state index in [0.29, 0.717) is 18.1 Å². The smallest absolute Gasteiger partial charge is 0.279 e. The standard InChI is InChI=1S/C20H24FN3O6S/c1-4-29-16-7-9-17(10-8-16)30-14(2)20(26)23-22-19(25)13-24(3)31(27,28)18-11-5-15(21)6-12-18/h5-12,14H,4,13H2,1-3H3,(H,22,25)(H,23,26). The molecule has 0 aliphatic rings. The van der Waals surface area contributed by atoms with Crippen LogP contribution in [-0.2, 0) is 19.6 Å². The Morgan fingerprint density at radius 3 is 2.19 bits per heavy atom. The van der Waals surface area contributed by atoms with Gasteiger partial charge in [0.1, 0.15) is 17.3 Å². The second-order valence-electron chi connectivity index (χ2n) is 6.42. The number of sulfonamides is 1. The van der Waals surface area contributed by atoms with Crippen molar-refractivity contribution < 1.29 is 31.9 Å². The van der Waals surface area contributed by atoms with Crippen LogP contribution in [0.1, 0.15) is 13.8 Å². The zero-order valence-electron chi connectivity index (χ0n) is 17.3. The minimum Gasteiger partial charge on any atom is -0.494 e. The molecule has 0 heterocycles. The third kappa shape index (κ3) is 6.93. The number of benzene rings is 2. The van der Waals surface area contributed by atoms with Crippen LogP contribution in [0.25, 0.3) is 0 Å². The number of amides is 2. The second-order valence-corrected chi connectivity index (χ2v) is 8.46. The molecule has 0 radical (unpaired) electrons. The molecule has 9 nitrogen and oxygen atoms in total. The van der Waals surface area contributed by atoms with E-state index in [1.165, 1.54) is 14.0 Å². The number of carbonyl (C=O) groups excluding carboxylic acids is 2. The molecule has 2 rings (SSSR count). The fourth-order valence-electron chi connectivity index (χ4n) is 2.38. The molecule has 0 aromatic heterocycles. The molecule has 2 amide bonds. The molecule has 0 aliphatic heterocycles. The van der Waals surface area contributed by atoms with E-state index < -0.39 is 40.3 Å². The van der Waals surface area contributed by atoms with E-state index in [9.17, 15) is 22.4 Å². The molecule has 31 heavy (non-hydrogen) atoms. The van der Waals surface area contributed by atoms with Crippen molar-refractivity contribution in [3.63, 3.8) is 0 Å². The topological polar surface area (TPSA) is 114 Å². The van der Waals surface area contributed by atoms with E-state index in [1.54, 1.807) is 24.3 Å². The van der Waals surface area contributed by atoms with Crippen LogP contribution in [-0.4, -0.2) is 50.8 Å². The van der Waals surface area contributed by atoms with Crippen molar-refractivity contribution in [2.24, 2.45) is 0 Å². The van der Waals surface area contributed by atoms with Gasteiger partial charge in [0.05, 0.1) is 18.0 Å². The van der Waals surface area contributed by atoms with Gasteiger partial charge in [-0.05, 0) is 62.4 Å². The highest BCUT2D eigenvalue weighted by Gasteiger charge is 2.23. The lowest BCUT2D eigenvalue weighted by Crippen LogP contribution is -2.50. The summed E-state index contributed by atoms with van der Waals surface area (Å²) in [7, 11) is -2.80. The summed E-state index contributed by atoms with van der Waals surface area (Å²) < 4.78 is 49.4. The van der Waals surface area contributed by atoms with Crippen molar-refractivity contribution in [3.05, 3.63) is 54.3 Å². The number of nitrogens with one attached hydrogen (secondary N) is 2. The lowest BCUT2D eigenvalue weighted by Gasteiger charge is -2.18. The quantitative estimate of drug-likeness (QED) is 0.556. The molecular formula is C20H24FN3O6S. The fraction of sp³-hybridized carbons (Fsp3) is 0.300. The van der Waals surface area contributed by atoms with Gasteiger partial charge in [-0.25, -0.2) is 12.8 Å². The average molecular weight is 453 g/mol. The maximum atomic E-state index is 13.0. The van der Waals surface area contributed by atoms with Crippen molar-refractivity contribution >= 4 is 21.8 Å². The summed E-state index contributed by atoms with van der Waals surface area (Å²) >= 11 is 0. The van der Waals surface area contributed by atoms with Crippen molar-refractivity contribution in [1.29, 1.82) is 0 Å². The Labute approximate surface area is 180 Å². The second kappa shape index (κ2) is 10.7. The van der Waals surface area contributed by atoms with E-state index in [2.05, 4.69) is 10.9 Å². The normalized spacial score (nSPS) is 12.2. The summed E-state index contributed by atoms with van der Waals surface area (Å²) in [6, 6.07) is 10.9. The number of nitrogens with zero attached hydrogens (tertiary/aromatic N) is 1. The highest BCUT2D eigenvalue weighted by atomic mass is 32.2.